The lowest BCUT2D eigenvalue weighted by molar-refractivity contribution is -0.146. The summed E-state index contributed by atoms with van der Waals surface area (Å²) in [4.78, 5) is 11.5. The van der Waals surface area contributed by atoms with Crippen molar-refractivity contribution in [3.63, 3.8) is 0 Å². The number of ether oxygens (including phenoxy) is 1. The number of esters is 1. The smallest absolute Gasteiger partial charge is 0.309 e. The van der Waals surface area contributed by atoms with Crippen molar-refractivity contribution in [1.29, 1.82) is 0 Å². The fourth-order valence-corrected chi connectivity index (χ4v) is 2.41. The van der Waals surface area contributed by atoms with Crippen molar-refractivity contribution in [2.24, 2.45) is 11.8 Å². The van der Waals surface area contributed by atoms with Crippen LogP contribution in [0.5, 0.6) is 0 Å². The first kappa shape index (κ1) is 22.1. The van der Waals surface area contributed by atoms with Crippen molar-refractivity contribution >= 4 is 5.97 Å². The molecular formula is C19H36O4. The fourth-order valence-electron chi connectivity index (χ4n) is 2.41. The molecule has 4 heteroatoms. The van der Waals surface area contributed by atoms with Crippen LogP contribution < -0.4 is 0 Å². The van der Waals surface area contributed by atoms with Crippen LogP contribution in [0.15, 0.2) is 11.6 Å². The summed E-state index contributed by atoms with van der Waals surface area (Å²) < 4.78 is 4.86. The van der Waals surface area contributed by atoms with Gasteiger partial charge >= 0.3 is 5.97 Å². The zero-order chi connectivity index (χ0) is 17.7. The fraction of sp³-hybridized carbons (Fsp3) is 0.842. The van der Waals surface area contributed by atoms with Gasteiger partial charge in [0.15, 0.2) is 0 Å². The zero-order valence-electron chi connectivity index (χ0n) is 15.4. The van der Waals surface area contributed by atoms with E-state index in [-0.39, 0.29) is 19.0 Å². The van der Waals surface area contributed by atoms with Crippen LogP contribution in [0.2, 0.25) is 0 Å². The molecule has 0 bridgehead atoms. The predicted molar refractivity (Wildman–Crippen MR) is 94.1 cm³/mol. The van der Waals surface area contributed by atoms with Crippen molar-refractivity contribution in [1.82, 2.24) is 0 Å². The van der Waals surface area contributed by atoms with Crippen molar-refractivity contribution in [2.45, 2.75) is 78.7 Å². The van der Waals surface area contributed by atoms with Gasteiger partial charge in [-0.2, -0.15) is 0 Å². The van der Waals surface area contributed by atoms with Crippen LogP contribution in [0.25, 0.3) is 0 Å². The maximum Gasteiger partial charge on any atom is 0.309 e. The maximum atomic E-state index is 11.5. The number of hydrogen-bond donors (Lipinski definition) is 2. The van der Waals surface area contributed by atoms with Crippen LogP contribution in [-0.4, -0.2) is 35.5 Å². The molecule has 0 aliphatic heterocycles. The van der Waals surface area contributed by atoms with Gasteiger partial charge in [-0.1, -0.05) is 58.1 Å². The second-order valence-electron chi connectivity index (χ2n) is 7.10. The molecule has 0 saturated heterocycles. The summed E-state index contributed by atoms with van der Waals surface area (Å²) in [6.07, 6.45) is 8.49. The predicted octanol–water partition coefficient (Wildman–Crippen LogP) is 3.85. The molecule has 0 heterocycles. The number of carbonyl (C=O) groups is 1. The highest BCUT2D eigenvalue weighted by atomic mass is 16.5. The van der Waals surface area contributed by atoms with Crippen LogP contribution in [0.1, 0.15) is 72.6 Å². The Morgan fingerprint density at radius 3 is 2.39 bits per heavy atom. The number of aliphatic hydroxyl groups is 2. The molecule has 0 saturated carbocycles. The Hall–Kier alpha value is -0.870. The van der Waals surface area contributed by atoms with Gasteiger partial charge < -0.3 is 14.9 Å². The summed E-state index contributed by atoms with van der Waals surface area (Å²) in [5.41, 5.74) is 1.21. The van der Waals surface area contributed by atoms with Crippen molar-refractivity contribution < 1.29 is 19.7 Å². The maximum absolute atomic E-state index is 11.5. The van der Waals surface area contributed by atoms with Gasteiger partial charge in [-0.15, -0.1) is 0 Å². The van der Waals surface area contributed by atoms with Gasteiger partial charge in [-0.25, -0.2) is 0 Å². The third kappa shape index (κ3) is 14.5. The third-order valence-electron chi connectivity index (χ3n) is 4.01. The Kier molecular flexibility index (Phi) is 13.0. The molecule has 0 aromatic heterocycles. The van der Waals surface area contributed by atoms with Gasteiger partial charge in [0, 0.05) is 0 Å². The van der Waals surface area contributed by atoms with Crippen LogP contribution in [0.3, 0.4) is 0 Å². The van der Waals surface area contributed by atoms with Crippen molar-refractivity contribution in [2.75, 3.05) is 13.2 Å². The number of hydrogen-bond acceptors (Lipinski definition) is 4. The molecule has 0 aromatic rings. The molecule has 2 unspecified atom stereocenters. The van der Waals surface area contributed by atoms with Gasteiger partial charge in [0.25, 0.3) is 0 Å². The van der Waals surface area contributed by atoms with E-state index < -0.39 is 12.7 Å². The topological polar surface area (TPSA) is 66.8 Å². The average Bonchev–Trinajstić information content (AvgIpc) is 2.50. The minimum atomic E-state index is -0.985. The number of carbonyl (C=O) groups excluding carboxylic acids is 1. The van der Waals surface area contributed by atoms with E-state index >= 15 is 0 Å². The molecule has 136 valence electrons. The monoisotopic (exact) mass is 328 g/mol. The van der Waals surface area contributed by atoms with Crippen molar-refractivity contribution in [3.05, 3.63) is 11.6 Å². The highest BCUT2D eigenvalue weighted by molar-refractivity contribution is 5.71. The summed E-state index contributed by atoms with van der Waals surface area (Å²) in [6, 6.07) is 0. The molecule has 4 nitrogen and oxygen atoms in total. The lowest BCUT2D eigenvalue weighted by Crippen LogP contribution is -2.21. The molecule has 0 amide bonds. The normalized spacial score (nSPS) is 14.8. The van der Waals surface area contributed by atoms with E-state index in [1.807, 2.05) is 13.0 Å². The summed E-state index contributed by atoms with van der Waals surface area (Å²) in [7, 11) is 0. The molecule has 0 aliphatic carbocycles. The third-order valence-corrected chi connectivity index (χ3v) is 4.01. The lowest BCUT2D eigenvalue weighted by atomic mass is 9.94. The van der Waals surface area contributed by atoms with Crippen LogP contribution in [-0.2, 0) is 9.53 Å². The molecule has 23 heavy (non-hydrogen) atoms. The summed E-state index contributed by atoms with van der Waals surface area (Å²) in [5.74, 6) is 1.20. The first-order chi connectivity index (χ1) is 10.8. The Labute approximate surface area is 141 Å². The Balaban J connectivity index is 3.75. The summed E-state index contributed by atoms with van der Waals surface area (Å²) >= 11 is 0. The lowest BCUT2D eigenvalue weighted by Gasteiger charge is -2.12. The Morgan fingerprint density at radius 2 is 1.78 bits per heavy atom. The van der Waals surface area contributed by atoms with Crippen LogP contribution in [0, 0.1) is 11.8 Å². The molecule has 0 radical (unpaired) electrons. The summed E-state index contributed by atoms with van der Waals surface area (Å²) in [6.45, 7) is 8.37. The van der Waals surface area contributed by atoms with Crippen molar-refractivity contribution in [3.8, 4) is 0 Å². The van der Waals surface area contributed by atoms with E-state index in [9.17, 15) is 4.79 Å². The molecule has 0 fully saturated rings. The second kappa shape index (κ2) is 13.6. The molecule has 2 atom stereocenters. The molecule has 0 rings (SSSR count). The highest BCUT2D eigenvalue weighted by Crippen LogP contribution is 2.19. The minimum absolute atomic E-state index is 0.143. The number of rotatable bonds is 13. The quantitative estimate of drug-likeness (QED) is 0.398. The summed E-state index contributed by atoms with van der Waals surface area (Å²) in [5, 5.41) is 17.7. The first-order valence-corrected chi connectivity index (χ1v) is 8.95. The van der Waals surface area contributed by atoms with Crippen LogP contribution >= 0.6 is 0 Å². The Morgan fingerprint density at radius 1 is 1.13 bits per heavy atom. The SMILES string of the molecule is CC(=CCC(=O)OCC(O)CO)CCCC(C)CCCC(C)C. The van der Waals surface area contributed by atoms with E-state index in [0.29, 0.717) is 0 Å². The standard InChI is InChI=1S/C19H36O4/c1-15(2)7-5-8-16(3)9-6-10-17(4)11-12-19(22)23-14-18(21)13-20/h11,15-16,18,20-21H,5-10,12-14H2,1-4H3. The zero-order valence-corrected chi connectivity index (χ0v) is 15.4. The number of allylic oxidation sites excluding steroid dienone is 1. The van der Waals surface area contributed by atoms with Gasteiger partial charge in [-0.3, -0.25) is 4.79 Å². The molecule has 0 aliphatic rings. The second-order valence-corrected chi connectivity index (χ2v) is 7.10. The van der Waals surface area contributed by atoms with E-state index in [0.717, 1.165) is 24.7 Å². The first-order valence-electron chi connectivity index (χ1n) is 8.95. The van der Waals surface area contributed by atoms with Gasteiger partial charge in [0.2, 0.25) is 0 Å². The molecule has 2 N–H and O–H groups in total. The van der Waals surface area contributed by atoms with E-state index in [1.54, 1.807) is 0 Å². The minimum Gasteiger partial charge on any atom is -0.463 e. The average molecular weight is 328 g/mol. The molecule has 0 aromatic carbocycles. The van der Waals surface area contributed by atoms with Crippen LogP contribution in [0.4, 0.5) is 0 Å². The Bertz CT molecular complexity index is 336. The highest BCUT2D eigenvalue weighted by Gasteiger charge is 2.07. The van der Waals surface area contributed by atoms with Gasteiger partial charge in [0.1, 0.15) is 12.7 Å². The van der Waals surface area contributed by atoms with Gasteiger partial charge in [0.05, 0.1) is 13.0 Å². The van der Waals surface area contributed by atoms with E-state index in [1.165, 1.54) is 31.3 Å². The van der Waals surface area contributed by atoms with Gasteiger partial charge in [-0.05, 0) is 31.6 Å². The molecular weight excluding hydrogens is 292 g/mol. The molecule has 0 spiro atoms. The number of aliphatic hydroxyl groups excluding tert-OH is 2. The van der Waals surface area contributed by atoms with E-state index in [4.69, 9.17) is 14.9 Å². The largest absolute Gasteiger partial charge is 0.463 e. The van der Waals surface area contributed by atoms with E-state index in [2.05, 4.69) is 20.8 Å².